The second-order valence-electron chi connectivity index (χ2n) is 5.21. The summed E-state index contributed by atoms with van der Waals surface area (Å²) in [5.41, 5.74) is -0.217. The van der Waals surface area contributed by atoms with Crippen LogP contribution in [0.5, 0.6) is 0 Å². The molecule has 18 heavy (non-hydrogen) atoms. The van der Waals surface area contributed by atoms with Crippen LogP contribution in [0.4, 0.5) is 0 Å². The summed E-state index contributed by atoms with van der Waals surface area (Å²) < 4.78 is 0. The Bertz CT molecular complexity index is 491. The van der Waals surface area contributed by atoms with Crippen molar-refractivity contribution >= 4 is 29.0 Å². The van der Waals surface area contributed by atoms with Gasteiger partial charge in [0.15, 0.2) is 0 Å². The molecule has 0 aromatic rings. The molecule has 1 saturated carbocycles. The lowest BCUT2D eigenvalue weighted by atomic mass is 9.59. The number of hydrogen-bond donors (Lipinski definition) is 1. The molecule has 1 unspecified atom stereocenters. The van der Waals surface area contributed by atoms with E-state index < -0.39 is 11.3 Å². The first-order valence-electron chi connectivity index (χ1n) is 6.07. The van der Waals surface area contributed by atoms with Crippen LogP contribution in [-0.2, 0) is 4.79 Å². The van der Waals surface area contributed by atoms with E-state index in [-0.39, 0.29) is 10.9 Å². The van der Waals surface area contributed by atoms with Crippen molar-refractivity contribution in [1.29, 1.82) is 5.26 Å². The van der Waals surface area contributed by atoms with Crippen LogP contribution in [0.1, 0.15) is 32.6 Å². The molecule has 2 rings (SSSR count). The van der Waals surface area contributed by atoms with Gasteiger partial charge in [-0.3, -0.25) is 10.7 Å². The first kappa shape index (κ1) is 12.9. The minimum absolute atomic E-state index is 0.212. The fourth-order valence-corrected chi connectivity index (χ4v) is 3.38. The number of piperidine rings is 1. The topological polar surface area (TPSA) is 75.2 Å². The lowest BCUT2D eigenvalue weighted by molar-refractivity contribution is -0.126. The van der Waals surface area contributed by atoms with Crippen LogP contribution >= 0.6 is 12.2 Å². The van der Waals surface area contributed by atoms with Crippen LogP contribution in [0.2, 0.25) is 0 Å². The number of amides is 1. The van der Waals surface area contributed by atoms with Crippen LogP contribution in [0, 0.1) is 28.6 Å². The van der Waals surface area contributed by atoms with Crippen molar-refractivity contribution in [3.8, 4) is 6.07 Å². The molecular weight excluding hydrogens is 246 g/mol. The van der Waals surface area contributed by atoms with Crippen molar-refractivity contribution in [3.63, 3.8) is 0 Å². The van der Waals surface area contributed by atoms with Crippen molar-refractivity contribution < 1.29 is 4.79 Å². The molecule has 1 saturated heterocycles. The highest BCUT2D eigenvalue weighted by Crippen LogP contribution is 2.50. The SMILES string of the molecule is CC1CCC2(CC1)C(=C=[N-])C(=S)NC(=O)C2C#N. The van der Waals surface area contributed by atoms with Crippen molar-refractivity contribution in [3.05, 3.63) is 11.0 Å². The van der Waals surface area contributed by atoms with Gasteiger partial charge in [0.2, 0.25) is 5.91 Å². The third-order valence-corrected chi connectivity index (χ3v) is 4.49. The van der Waals surface area contributed by atoms with Crippen molar-refractivity contribution in [1.82, 2.24) is 5.32 Å². The molecule has 0 aromatic carbocycles. The van der Waals surface area contributed by atoms with Crippen LogP contribution < -0.4 is 5.32 Å². The number of thiocarbonyl (C=S) groups is 1. The van der Waals surface area contributed by atoms with Gasteiger partial charge in [-0.05, 0) is 31.6 Å². The molecule has 1 spiro atoms. The maximum Gasteiger partial charge on any atom is 0.243 e. The zero-order valence-electron chi connectivity index (χ0n) is 10.2. The minimum Gasteiger partial charge on any atom is -0.763 e. The van der Waals surface area contributed by atoms with Crippen LogP contribution in [0.15, 0.2) is 5.57 Å². The Labute approximate surface area is 112 Å². The predicted molar refractivity (Wildman–Crippen MR) is 71.8 cm³/mol. The molecule has 0 aromatic heterocycles. The standard InChI is InChI=1S/C13H14N3OS/c1-8-2-4-13(5-3-8)9(6-14)11(17)16-12(18)10(13)7-15/h8-9H,2-5H2,1H3,(H,16,17,18)/q-1. The molecular formula is C13H14N3OS-. The van der Waals surface area contributed by atoms with Gasteiger partial charge < -0.3 is 10.7 Å². The van der Waals surface area contributed by atoms with E-state index in [9.17, 15) is 15.5 Å². The number of hydrogen-bond acceptors (Lipinski definition) is 3. The van der Waals surface area contributed by atoms with Gasteiger partial charge in [0.05, 0.1) is 6.07 Å². The Morgan fingerprint density at radius 2 is 2.11 bits per heavy atom. The number of rotatable bonds is 0. The second kappa shape index (κ2) is 4.64. The summed E-state index contributed by atoms with van der Waals surface area (Å²) in [6.45, 7) is 2.15. The molecule has 1 aliphatic heterocycles. The fraction of sp³-hybridized carbons (Fsp3) is 0.615. The van der Waals surface area contributed by atoms with Gasteiger partial charge in [-0.2, -0.15) is 5.26 Å². The van der Waals surface area contributed by atoms with Gasteiger partial charge in [0.1, 0.15) is 10.9 Å². The van der Waals surface area contributed by atoms with Gasteiger partial charge in [-0.1, -0.05) is 19.1 Å². The maximum absolute atomic E-state index is 11.9. The van der Waals surface area contributed by atoms with Crippen LogP contribution in [-0.4, -0.2) is 16.8 Å². The quantitative estimate of drug-likeness (QED) is 0.411. The maximum atomic E-state index is 11.9. The molecule has 4 nitrogen and oxygen atoms in total. The van der Waals surface area contributed by atoms with Crippen LogP contribution in [0.25, 0.3) is 5.41 Å². The summed E-state index contributed by atoms with van der Waals surface area (Å²) >= 11 is 5.09. The predicted octanol–water partition coefficient (Wildman–Crippen LogP) is 1.95. The summed E-state index contributed by atoms with van der Waals surface area (Å²) in [5.74, 6) is 1.56. The van der Waals surface area contributed by atoms with E-state index in [1.165, 1.54) is 0 Å². The van der Waals surface area contributed by atoms with Gasteiger partial charge >= 0.3 is 0 Å². The molecule has 1 amide bonds. The molecule has 2 fully saturated rings. The zero-order valence-corrected chi connectivity index (χ0v) is 11.0. The molecule has 1 aliphatic carbocycles. The lowest BCUT2D eigenvalue weighted by Gasteiger charge is -2.46. The second-order valence-corrected chi connectivity index (χ2v) is 5.61. The fourth-order valence-electron chi connectivity index (χ4n) is 3.03. The first-order chi connectivity index (χ1) is 8.55. The average Bonchev–Trinajstić information content (AvgIpc) is 2.33. The number of nitrogens with zero attached hydrogens (tertiary/aromatic N) is 2. The Balaban J connectivity index is 2.49. The molecule has 1 N–H and O–H groups in total. The number of nitrogens with one attached hydrogen (secondary N) is 1. The minimum atomic E-state index is -0.786. The lowest BCUT2D eigenvalue weighted by Crippen LogP contribution is -2.54. The van der Waals surface area contributed by atoms with Crippen molar-refractivity contribution in [2.75, 3.05) is 0 Å². The third kappa shape index (κ3) is 1.78. The molecule has 0 bridgehead atoms. The van der Waals surface area contributed by atoms with E-state index in [0.717, 1.165) is 12.8 Å². The highest BCUT2D eigenvalue weighted by Gasteiger charge is 2.51. The average molecular weight is 260 g/mol. The van der Waals surface area contributed by atoms with E-state index >= 15 is 0 Å². The summed E-state index contributed by atoms with van der Waals surface area (Å²) in [6.07, 6.45) is 3.25. The summed E-state index contributed by atoms with van der Waals surface area (Å²) in [4.78, 5) is 12.1. The summed E-state index contributed by atoms with van der Waals surface area (Å²) in [6, 6.07) is 2.07. The molecule has 94 valence electrons. The number of carbonyl (C=O) groups is 1. The Kier molecular flexibility index (Phi) is 3.34. The number of nitriles is 1. The van der Waals surface area contributed by atoms with E-state index in [1.54, 1.807) is 0 Å². The van der Waals surface area contributed by atoms with Gasteiger partial charge in [-0.15, -0.1) is 0 Å². The smallest absolute Gasteiger partial charge is 0.243 e. The van der Waals surface area contributed by atoms with Gasteiger partial charge in [0.25, 0.3) is 0 Å². The molecule has 5 heteroatoms. The monoisotopic (exact) mass is 260 g/mol. The van der Waals surface area contributed by atoms with Crippen molar-refractivity contribution in [2.24, 2.45) is 17.3 Å². The Hall–Kier alpha value is -1.50. The molecule has 1 heterocycles. The van der Waals surface area contributed by atoms with E-state index in [1.807, 2.05) is 0 Å². The highest BCUT2D eigenvalue weighted by molar-refractivity contribution is 7.80. The van der Waals surface area contributed by atoms with Gasteiger partial charge in [-0.25, -0.2) is 0 Å². The Morgan fingerprint density at radius 1 is 1.50 bits per heavy atom. The van der Waals surface area contributed by atoms with E-state index in [2.05, 4.69) is 24.2 Å². The first-order valence-corrected chi connectivity index (χ1v) is 6.48. The van der Waals surface area contributed by atoms with Crippen LogP contribution in [0.3, 0.4) is 0 Å². The normalized spacial score (nSPS) is 35.9. The van der Waals surface area contributed by atoms with Gasteiger partial charge in [0, 0.05) is 11.0 Å². The summed E-state index contributed by atoms with van der Waals surface area (Å²) in [7, 11) is 0. The molecule has 0 radical (unpaired) electrons. The number of carbonyl (C=O) groups excluding carboxylic acids is 1. The Morgan fingerprint density at radius 3 is 2.61 bits per heavy atom. The molecule has 2 aliphatic rings. The zero-order chi connectivity index (χ0) is 13.3. The van der Waals surface area contributed by atoms with E-state index in [4.69, 9.17) is 12.2 Å². The third-order valence-electron chi connectivity index (χ3n) is 4.18. The summed E-state index contributed by atoms with van der Waals surface area (Å²) in [5, 5.41) is 21.1. The van der Waals surface area contributed by atoms with Crippen molar-refractivity contribution in [2.45, 2.75) is 32.6 Å². The van der Waals surface area contributed by atoms with E-state index in [0.29, 0.717) is 24.3 Å². The largest absolute Gasteiger partial charge is 0.763 e. The highest BCUT2D eigenvalue weighted by atomic mass is 32.1. The molecule has 1 atom stereocenters.